The van der Waals surface area contributed by atoms with Crippen molar-refractivity contribution in [3.63, 3.8) is 0 Å². The second kappa shape index (κ2) is 8.30. The molecule has 0 aliphatic carbocycles. The maximum absolute atomic E-state index is 13.2. The lowest BCUT2D eigenvalue weighted by Crippen LogP contribution is -2.31. The Labute approximate surface area is 176 Å². The Morgan fingerprint density at radius 2 is 1.83 bits per heavy atom. The summed E-state index contributed by atoms with van der Waals surface area (Å²) in [5.41, 5.74) is -0.105. The van der Waals surface area contributed by atoms with Gasteiger partial charge in [0.25, 0.3) is 11.8 Å². The van der Waals surface area contributed by atoms with Crippen LogP contribution in [0, 0.1) is 0 Å². The smallest absolute Gasteiger partial charge is 0.320 e. The van der Waals surface area contributed by atoms with Gasteiger partial charge in [0.15, 0.2) is 11.5 Å². The van der Waals surface area contributed by atoms with Gasteiger partial charge in [-0.2, -0.15) is 18.3 Å². The van der Waals surface area contributed by atoms with E-state index in [1.165, 1.54) is 36.5 Å². The molecule has 2 amide bonds. The molecule has 0 atom stereocenters. The van der Waals surface area contributed by atoms with Crippen LogP contribution in [0.5, 0.6) is 0 Å². The number of rotatable bonds is 4. The van der Waals surface area contributed by atoms with E-state index in [0.29, 0.717) is 10.7 Å². The molecule has 0 bridgehead atoms. The number of amides is 2. The number of alkyl halides is 3. The number of nitrogens with two attached hydrogens (primary N) is 1. The van der Waals surface area contributed by atoms with Crippen LogP contribution in [0.1, 0.15) is 26.5 Å². The van der Waals surface area contributed by atoms with E-state index in [1.807, 2.05) is 5.43 Å². The standard InChI is InChI=1S/C17H11Cl2F3N6O2/c18-8-3-4-9(15(29)26-23)11(6-8)25-16(30)12-7-13(17(20,21)22)27-28(12)14-10(19)2-1-5-24-14/h1-7H,23H2,(H,25,30)(H,26,29). The summed E-state index contributed by atoms with van der Waals surface area (Å²) in [4.78, 5) is 28.6. The van der Waals surface area contributed by atoms with Gasteiger partial charge < -0.3 is 5.32 Å². The number of halogens is 5. The number of nitrogen functional groups attached to an aromatic ring is 1. The summed E-state index contributed by atoms with van der Waals surface area (Å²) in [6.07, 6.45) is -3.55. The first kappa shape index (κ1) is 21.6. The number of aromatic nitrogens is 3. The summed E-state index contributed by atoms with van der Waals surface area (Å²) in [6.45, 7) is 0. The lowest BCUT2D eigenvalue weighted by molar-refractivity contribution is -0.141. The van der Waals surface area contributed by atoms with E-state index in [9.17, 15) is 22.8 Å². The number of benzene rings is 1. The van der Waals surface area contributed by atoms with Gasteiger partial charge in [-0.3, -0.25) is 15.0 Å². The van der Waals surface area contributed by atoms with Crippen molar-refractivity contribution in [3.05, 3.63) is 69.6 Å². The van der Waals surface area contributed by atoms with Crippen molar-refractivity contribution < 1.29 is 22.8 Å². The first-order valence-corrected chi connectivity index (χ1v) is 8.77. The number of nitrogens with zero attached hydrogens (tertiary/aromatic N) is 3. The lowest BCUT2D eigenvalue weighted by Gasteiger charge is -2.12. The summed E-state index contributed by atoms with van der Waals surface area (Å²) >= 11 is 11.9. The molecule has 0 fully saturated rings. The molecule has 0 saturated heterocycles. The van der Waals surface area contributed by atoms with Crippen LogP contribution in [-0.4, -0.2) is 26.6 Å². The highest BCUT2D eigenvalue weighted by Crippen LogP contribution is 2.31. The third-order valence-electron chi connectivity index (χ3n) is 3.78. The van der Waals surface area contributed by atoms with Crippen molar-refractivity contribution in [2.45, 2.75) is 6.18 Å². The molecule has 3 aromatic rings. The molecule has 156 valence electrons. The normalized spacial score (nSPS) is 11.3. The van der Waals surface area contributed by atoms with Crippen LogP contribution >= 0.6 is 23.2 Å². The maximum Gasteiger partial charge on any atom is 0.435 e. The first-order chi connectivity index (χ1) is 14.1. The molecule has 0 spiro atoms. The third-order valence-corrected chi connectivity index (χ3v) is 4.31. The molecule has 0 unspecified atom stereocenters. The zero-order valence-electron chi connectivity index (χ0n) is 14.7. The molecule has 2 aromatic heterocycles. The van der Waals surface area contributed by atoms with Gasteiger partial charge in [0, 0.05) is 17.3 Å². The van der Waals surface area contributed by atoms with Crippen molar-refractivity contribution in [1.29, 1.82) is 0 Å². The van der Waals surface area contributed by atoms with E-state index in [4.69, 9.17) is 29.0 Å². The molecular weight excluding hydrogens is 448 g/mol. The Bertz CT molecular complexity index is 1130. The van der Waals surface area contributed by atoms with Gasteiger partial charge in [-0.05, 0) is 30.3 Å². The predicted octanol–water partition coefficient (Wildman–Crippen LogP) is 3.45. The Morgan fingerprint density at radius 1 is 1.10 bits per heavy atom. The zero-order chi connectivity index (χ0) is 22.1. The molecule has 2 heterocycles. The largest absolute Gasteiger partial charge is 0.435 e. The number of carbonyl (C=O) groups excluding carboxylic acids is 2. The monoisotopic (exact) mass is 458 g/mol. The quantitative estimate of drug-likeness (QED) is 0.314. The van der Waals surface area contributed by atoms with Crippen LogP contribution in [0.4, 0.5) is 18.9 Å². The second-order valence-corrected chi connectivity index (χ2v) is 6.59. The minimum absolute atomic E-state index is 0.0330. The van der Waals surface area contributed by atoms with Crippen LogP contribution in [0.15, 0.2) is 42.6 Å². The Kier molecular flexibility index (Phi) is 5.97. The minimum Gasteiger partial charge on any atom is -0.320 e. The number of nitrogens with one attached hydrogen (secondary N) is 2. The molecule has 0 radical (unpaired) electrons. The number of hydrogen-bond donors (Lipinski definition) is 3. The SMILES string of the molecule is NNC(=O)c1ccc(Cl)cc1NC(=O)c1cc(C(F)(F)F)nn1-c1ncccc1Cl. The van der Waals surface area contributed by atoms with Crippen LogP contribution in [0.3, 0.4) is 0 Å². The molecule has 0 saturated carbocycles. The topological polar surface area (TPSA) is 115 Å². The van der Waals surface area contributed by atoms with E-state index in [1.54, 1.807) is 0 Å². The summed E-state index contributed by atoms with van der Waals surface area (Å²) in [5.74, 6) is 3.15. The molecule has 0 aliphatic rings. The summed E-state index contributed by atoms with van der Waals surface area (Å²) in [5, 5.41) is 5.89. The summed E-state index contributed by atoms with van der Waals surface area (Å²) < 4.78 is 40.3. The Balaban J connectivity index is 2.09. The van der Waals surface area contributed by atoms with Crippen molar-refractivity contribution in [3.8, 4) is 5.82 Å². The van der Waals surface area contributed by atoms with Crippen molar-refractivity contribution in [1.82, 2.24) is 20.2 Å². The van der Waals surface area contributed by atoms with Gasteiger partial charge in [-0.1, -0.05) is 23.2 Å². The fourth-order valence-corrected chi connectivity index (χ4v) is 2.83. The second-order valence-electron chi connectivity index (χ2n) is 5.75. The van der Waals surface area contributed by atoms with Gasteiger partial charge in [0.05, 0.1) is 16.3 Å². The zero-order valence-corrected chi connectivity index (χ0v) is 16.2. The highest BCUT2D eigenvalue weighted by molar-refractivity contribution is 6.32. The lowest BCUT2D eigenvalue weighted by atomic mass is 10.1. The molecule has 30 heavy (non-hydrogen) atoms. The molecule has 4 N–H and O–H groups in total. The van der Waals surface area contributed by atoms with Crippen molar-refractivity contribution in [2.75, 3.05) is 5.32 Å². The molecule has 0 aliphatic heterocycles. The fourth-order valence-electron chi connectivity index (χ4n) is 2.46. The number of hydrogen-bond acceptors (Lipinski definition) is 5. The van der Waals surface area contributed by atoms with Gasteiger partial charge in [0.2, 0.25) is 0 Å². The van der Waals surface area contributed by atoms with E-state index in [-0.39, 0.29) is 27.1 Å². The summed E-state index contributed by atoms with van der Waals surface area (Å²) in [6, 6.07) is 7.27. The van der Waals surface area contributed by atoms with Crippen LogP contribution in [0.2, 0.25) is 10.0 Å². The molecular formula is C17H11Cl2F3N6O2. The maximum atomic E-state index is 13.2. The average molecular weight is 459 g/mol. The number of anilines is 1. The van der Waals surface area contributed by atoms with Gasteiger partial charge >= 0.3 is 6.18 Å². The van der Waals surface area contributed by atoms with E-state index < -0.39 is 29.4 Å². The van der Waals surface area contributed by atoms with E-state index in [2.05, 4.69) is 15.4 Å². The average Bonchev–Trinajstić information content (AvgIpc) is 3.14. The Hall–Kier alpha value is -3.15. The van der Waals surface area contributed by atoms with Crippen molar-refractivity contribution >= 4 is 40.7 Å². The van der Waals surface area contributed by atoms with E-state index >= 15 is 0 Å². The predicted molar refractivity (Wildman–Crippen MR) is 102 cm³/mol. The fraction of sp³-hybridized carbons (Fsp3) is 0.0588. The number of carbonyl (C=O) groups is 2. The third kappa shape index (κ3) is 4.37. The molecule has 3 rings (SSSR count). The molecule has 1 aromatic carbocycles. The van der Waals surface area contributed by atoms with Crippen LogP contribution < -0.4 is 16.6 Å². The minimum atomic E-state index is -4.83. The molecule has 8 nitrogen and oxygen atoms in total. The van der Waals surface area contributed by atoms with Crippen LogP contribution in [0.25, 0.3) is 5.82 Å². The highest BCUT2D eigenvalue weighted by atomic mass is 35.5. The number of pyridine rings is 1. The van der Waals surface area contributed by atoms with E-state index in [0.717, 1.165) is 0 Å². The summed E-state index contributed by atoms with van der Waals surface area (Å²) in [7, 11) is 0. The molecule has 13 heteroatoms. The Morgan fingerprint density at radius 3 is 2.47 bits per heavy atom. The van der Waals surface area contributed by atoms with Gasteiger partial charge in [0.1, 0.15) is 5.69 Å². The van der Waals surface area contributed by atoms with Gasteiger partial charge in [-0.25, -0.2) is 15.5 Å². The first-order valence-electron chi connectivity index (χ1n) is 8.02. The van der Waals surface area contributed by atoms with Crippen molar-refractivity contribution in [2.24, 2.45) is 5.84 Å². The highest BCUT2D eigenvalue weighted by Gasteiger charge is 2.36. The van der Waals surface area contributed by atoms with Crippen LogP contribution in [-0.2, 0) is 6.18 Å². The number of hydrazine groups is 1. The van der Waals surface area contributed by atoms with Gasteiger partial charge in [-0.15, -0.1) is 0 Å².